The van der Waals surface area contributed by atoms with Gasteiger partial charge in [0.1, 0.15) is 5.84 Å². The van der Waals surface area contributed by atoms with E-state index in [9.17, 15) is 13.2 Å². The molecule has 1 aromatic carbocycles. The van der Waals surface area contributed by atoms with E-state index in [4.69, 9.17) is 0 Å². The number of carbonyl (C=O) groups is 1. The highest BCUT2D eigenvalue weighted by atomic mass is 32.2. The van der Waals surface area contributed by atoms with Gasteiger partial charge in [-0.05, 0) is 48.1 Å². The molecule has 0 spiro atoms. The average Bonchev–Trinajstić information content (AvgIpc) is 3.32. The molecule has 9 heteroatoms. The summed E-state index contributed by atoms with van der Waals surface area (Å²) in [5, 5.41) is 4.90. The van der Waals surface area contributed by atoms with Crippen molar-refractivity contribution in [2.75, 3.05) is 25.0 Å². The van der Waals surface area contributed by atoms with Crippen LogP contribution < -0.4 is 10.0 Å². The van der Waals surface area contributed by atoms with Gasteiger partial charge in [-0.2, -0.15) is 0 Å². The molecule has 1 amide bonds. The van der Waals surface area contributed by atoms with E-state index in [1.54, 1.807) is 23.5 Å². The van der Waals surface area contributed by atoms with Crippen molar-refractivity contribution in [3.63, 3.8) is 0 Å². The van der Waals surface area contributed by atoms with Crippen LogP contribution in [-0.2, 0) is 27.8 Å². The molecule has 2 aliphatic rings. The van der Waals surface area contributed by atoms with Crippen molar-refractivity contribution >= 4 is 38.8 Å². The molecule has 0 unspecified atom stereocenters. The van der Waals surface area contributed by atoms with Crippen molar-refractivity contribution in [1.82, 2.24) is 9.62 Å². The first-order valence-corrected chi connectivity index (χ1v) is 11.6. The second kappa shape index (κ2) is 8.02. The molecule has 28 heavy (non-hydrogen) atoms. The third-order valence-corrected chi connectivity index (χ3v) is 7.21. The molecule has 2 aromatic rings. The van der Waals surface area contributed by atoms with E-state index in [1.807, 2.05) is 0 Å². The van der Waals surface area contributed by atoms with Gasteiger partial charge < -0.3 is 5.32 Å². The number of benzene rings is 1. The molecule has 0 fully saturated rings. The van der Waals surface area contributed by atoms with Gasteiger partial charge in [0.05, 0.1) is 11.4 Å². The second-order valence-corrected chi connectivity index (χ2v) is 9.63. The Bertz CT molecular complexity index is 1010. The smallest absolute Gasteiger partial charge is 0.262 e. The van der Waals surface area contributed by atoms with E-state index < -0.39 is 10.0 Å². The minimum absolute atomic E-state index is 0.112. The summed E-state index contributed by atoms with van der Waals surface area (Å²) in [5.41, 5.74) is 1.76. The molecule has 0 bridgehead atoms. The van der Waals surface area contributed by atoms with Gasteiger partial charge in [0.25, 0.3) is 10.0 Å². The lowest BCUT2D eigenvalue weighted by Gasteiger charge is -2.26. The molecule has 7 nitrogen and oxygen atoms in total. The normalized spacial score (nSPS) is 17.1. The summed E-state index contributed by atoms with van der Waals surface area (Å²) in [6.07, 6.45) is 2.46. The number of amidine groups is 1. The highest BCUT2D eigenvalue weighted by molar-refractivity contribution is 7.90. The number of amides is 1. The topological polar surface area (TPSA) is 90.9 Å². The zero-order valence-corrected chi connectivity index (χ0v) is 17.0. The Morgan fingerprint density at radius 3 is 2.96 bits per heavy atom. The molecule has 0 saturated heterocycles. The fourth-order valence-electron chi connectivity index (χ4n) is 3.42. The minimum atomic E-state index is -3.70. The first-order chi connectivity index (χ1) is 13.5. The van der Waals surface area contributed by atoms with Crippen LogP contribution >= 0.6 is 11.3 Å². The van der Waals surface area contributed by atoms with Gasteiger partial charge in [-0.1, -0.05) is 6.07 Å². The molecule has 2 N–H and O–H groups in total. The maximum absolute atomic E-state index is 12.5. The van der Waals surface area contributed by atoms with Gasteiger partial charge in [0, 0.05) is 36.6 Å². The Morgan fingerprint density at radius 2 is 2.14 bits per heavy atom. The van der Waals surface area contributed by atoms with Gasteiger partial charge in [-0.25, -0.2) is 8.42 Å². The number of sulfonamides is 1. The van der Waals surface area contributed by atoms with Crippen LogP contribution in [0.5, 0.6) is 0 Å². The number of hydrogen-bond acceptors (Lipinski definition) is 6. The number of nitrogens with zero attached hydrogens (tertiary/aromatic N) is 2. The van der Waals surface area contributed by atoms with Crippen molar-refractivity contribution < 1.29 is 13.2 Å². The fourth-order valence-corrected chi connectivity index (χ4v) is 5.45. The Balaban J connectivity index is 1.38. The third-order valence-electron chi connectivity index (χ3n) is 4.81. The van der Waals surface area contributed by atoms with Crippen molar-refractivity contribution in [3.8, 4) is 0 Å². The van der Waals surface area contributed by atoms with Crippen molar-refractivity contribution in [2.45, 2.75) is 30.7 Å². The Hall–Kier alpha value is -2.23. The third kappa shape index (κ3) is 4.43. The lowest BCUT2D eigenvalue weighted by molar-refractivity contribution is -0.117. The SMILES string of the molecule is O=C(CN1CCc2sccc2C1)Nc1cccc(S(=O)(=O)NC2=NCCC2)c1. The molecule has 0 atom stereocenters. The van der Waals surface area contributed by atoms with E-state index in [-0.39, 0.29) is 17.3 Å². The van der Waals surface area contributed by atoms with E-state index in [2.05, 4.69) is 31.4 Å². The van der Waals surface area contributed by atoms with E-state index >= 15 is 0 Å². The maximum atomic E-state index is 12.5. The summed E-state index contributed by atoms with van der Waals surface area (Å²) < 4.78 is 27.6. The lowest BCUT2D eigenvalue weighted by atomic mass is 10.1. The molecule has 148 valence electrons. The minimum Gasteiger partial charge on any atom is -0.325 e. The Labute approximate surface area is 168 Å². The van der Waals surface area contributed by atoms with Crippen LogP contribution in [0.2, 0.25) is 0 Å². The van der Waals surface area contributed by atoms with Crippen LogP contribution in [0.15, 0.2) is 45.6 Å². The van der Waals surface area contributed by atoms with Gasteiger partial charge in [0.2, 0.25) is 5.91 Å². The van der Waals surface area contributed by atoms with Crippen LogP contribution in [0.3, 0.4) is 0 Å². The first kappa shape index (κ1) is 19.1. The van der Waals surface area contributed by atoms with Gasteiger partial charge >= 0.3 is 0 Å². The molecule has 0 aliphatic carbocycles. The summed E-state index contributed by atoms with van der Waals surface area (Å²) in [6.45, 7) is 2.55. The molecular weight excluding hydrogens is 396 g/mol. The monoisotopic (exact) mass is 418 g/mol. The van der Waals surface area contributed by atoms with E-state index in [0.717, 1.165) is 25.9 Å². The van der Waals surface area contributed by atoms with Crippen LogP contribution in [0.25, 0.3) is 0 Å². The standard InChI is InChI=1S/C19H22N4O3S2/c24-19(13-23-9-6-17-14(12-23)7-10-27-17)21-15-3-1-4-16(11-15)28(25,26)22-18-5-2-8-20-18/h1,3-4,7,10-11H,2,5-6,8-9,12-13H2,(H,20,22)(H,21,24). The number of anilines is 1. The molecular formula is C19H22N4O3S2. The quantitative estimate of drug-likeness (QED) is 0.779. The van der Waals surface area contributed by atoms with Crippen LogP contribution in [0, 0.1) is 0 Å². The number of nitrogens with one attached hydrogen (secondary N) is 2. The average molecular weight is 419 g/mol. The summed E-state index contributed by atoms with van der Waals surface area (Å²) >= 11 is 1.77. The molecule has 1 aromatic heterocycles. The number of carbonyl (C=O) groups excluding carboxylic acids is 1. The maximum Gasteiger partial charge on any atom is 0.262 e. The molecule has 2 aliphatic heterocycles. The van der Waals surface area contributed by atoms with Crippen LogP contribution in [-0.4, -0.2) is 44.7 Å². The highest BCUT2D eigenvalue weighted by Gasteiger charge is 2.21. The van der Waals surface area contributed by atoms with E-state index in [0.29, 0.717) is 24.5 Å². The number of hydrogen-bond donors (Lipinski definition) is 2. The molecule has 3 heterocycles. The summed E-state index contributed by atoms with van der Waals surface area (Å²) in [4.78, 5) is 20.2. The molecule has 4 rings (SSSR count). The van der Waals surface area contributed by atoms with Gasteiger partial charge in [0.15, 0.2) is 0 Å². The summed E-state index contributed by atoms with van der Waals surface area (Å²) in [7, 11) is -3.70. The zero-order valence-electron chi connectivity index (χ0n) is 15.3. The molecule has 0 saturated carbocycles. The predicted octanol–water partition coefficient (Wildman–Crippen LogP) is 2.22. The van der Waals surface area contributed by atoms with Crippen molar-refractivity contribution in [3.05, 3.63) is 46.2 Å². The zero-order chi connectivity index (χ0) is 19.6. The largest absolute Gasteiger partial charge is 0.325 e. The summed E-state index contributed by atoms with van der Waals surface area (Å²) in [5.74, 6) is 0.341. The Morgan fingerprint density at radius 1 is 1.25 bits per heavy atom. The van der Waals surface area contributed by atoms with Crippen molar-refractivity contribution in [1.29, 1.82) is 0 Å². The highest BCUT2D eigenvalue weighted by Crippen LogP contribution is 2.24. The number of aliphatic imine (C=N–C) groups is 1. The lowest BCUT2D eigenvalue weighted by Crippen LogP contribution is -2.36. The van der Waals surface area contributed by atoms with Gasteiger partial charge in [-0.3, -0.25) is 19.4 Å². The van der Waals surface area contributed by atoms with Crippen LogP contribution in [0.4, 0.5) is 5.69 Å². The van der Waals surface area contributed by atoms with Crippen LogP contribution in [0.1, 0.15) is 23.3 Å². The summed E-state index contributed by atoms with van der Waals surface area (Å²) in [6, 6.07) is 8.41. The number of thiophene rings is 1. The van der Waals surface area contributed by atoms with E-state index in [1.165, 1.54) is 22.6 Å². The fraction of sp³-hybridized carbons (Fsp3) is 0.368. The number of rotatable bonds is 5. The first-order valence-electron chi connectivity index (χ1n) is 9.23. The second-order valence-electron chi connectivity index (χ2n) is 6.94. The van der Waals surface area contributed by atoms with Crippen molar-refractivity contribution in [2.24, 2.45) is 4.99 Å². The Kier molecular flexibility index (Phi) is 5.47. The predicted molar refractivity (Wildman–Crippen MR) is 110 cm³/mol. The number of fused-ring (bicyclic) bond motifs is 1. The molecule has 0 radical (unpaired) electrons. The van der Waals surface area contributed by atoms with Gasteiger partial charge in [-0.15, -0.1) is 11.3 Å².